The molecule has 0 bridgehead atoms. The number of allylic oxidation sites excluding steroid dienone is 1. The highest BCUT2D eigenvalue weighted by atomic mass is 16.5. The summed E-state index contributed by atoms with van der Waals surface area (Å²) >= 11 is 0. The molecule has 2 rings (SSSR count). The van der Waals surface area contributed by atoms with E-state index in [4.69, 9.17) is 9.84 Å². The minimum Gasteiger partial charge on any atom is -0.493 e. The van der Waals surface area contributed by atoms with Gasteiger partial charge in [0, 0.05) is 17.2 Å². The van der Waals surface area contributed by atoms with Crippen molar-refractivity contribution in [3.8, 4) is 5.75 Å². The number of aryl methyl sites for hydroxylation is 2. The molecule has 2 aromatic rings. The molecule has 0 radical (unpaired) electrons. The van der Waals surface area contributed by atoms with Crippen molar-refractivity contribution in [1.82, 2.24) is 0 Å². The first-order valence-electron chi connectivity index (χ1n) is 10.7. The van der Waals surface area contributed by atoms with Crippen LogP contribution in [0.2, 0.25) is 0 Å². The van der Waals surface area contributed by atoms with Crippen molar-refractivity contribution >= 4 is 23.1 Å². The Balaban J connectivity index is 1.90. The molecule has 0 spiro atoms. The molecule has 1 amide bonds. The van der Waals surface area contributed by atoms with E-state index in [9.17, 15) is 9.59 Å². The van der Waals surface area contributed by atoms with Gasteiger partial charge in [-0.2, -0.15) is 0 Å². The number of aliphatic carboxylic acids is 1. The van der Waals surface area contributed by atoms with Crippen molar-refractivity contribution in [3.63, 3.8) is 0 Å². The predicted molar refractivity (Wildman–Crippen MR) is 125 cm³/mol. The van der Waals surface area contributed by atoms with Crippen LogP contribution in [-0.4, -0.2) is 23.6 Å². The maximum absolute atomic E-state index is 12.8. The fraction of sp³-hybridized carbons (Fsp3) is 0.385. The SMILES string of the molecule is CCC(=CC(=O)O)c1ccc(NC(=O)C(C)(C)CCCOc2cc(C)ccc2C)cc1. The van der Waals surface area contributed by atoms with Crippen LogP contribution in [0.3, 0.4) is 0 Å². The Bertz CT molecular complexity index is 942. The molecule has 0 aromatic heterocycles. The lowest BCUT2D eigenvalue weighted by Gasteiger charge is -2.24. The molecule has 2 aromatic carbocycles. The Morgan fingerprint density at radius 3 is 2.39 bits per heavy atom. The second kappa shape index (κ2) is 10.8. The fourth-order valence-corrected chi connectivity index (χ4v) is 3.28. The van der Waals surface area contributed by atoms with Crippen LogP contribution in [0.1, 0.15) is 56.7 Å². The zero-order valence-corrected chi connectivity index (χ0v) is 19.1. The van der Waals surface area contributed by atoms with Crippen molar-refractivity contribution < 1.29 is 19.4 Å². The van der Waals surface area contributed by atoms with Crippen LogP contribution in [0.5, 0.6) is 5.75 Å². The number of rotatable bonds is 10. The van der Waals surface area contributed by atoms with Gasteiger partial charge in [0.1, 0.15) is 5.75 Å². The van der Waals surface area contributed by atoms with E-state index in [1.165, 1.54) is 6.08 Å². The second-order valence-electron chi connectivity index (χ2n) is 8.50. The van der Waals surface area contributed by atoms with E-state index in [2.05, 4.69) is 11.4 Å². The summed E-state index contributed by atoms with van der Waals surface area (Å²) in [7, 11) is 0. The van der Waals surface area contributed by atoms with Crippen molar-refractivity contribution in [1.29, 1.82) is 0 Å². The number of benzene rings is 2. The molecule has 0 aliphatic carbocycles. The number of anilines is 1. The molecular formula is C26H33NO4. The van der Waals surface area contributed by atoms with Gasteiger partial charge in [-0.05, 0) is 73.6 Å². The summed E-state index contributed by atoms with van der Waals surface area (Å²) in [6.45, 7) is 10.4. The number of nitrogens with one attached hydrogen (secondary N) is 1. The Hall–Kier alpha value is -3.08. The number of amides is 1. The fourth-order valence-electron chi connectivity index (χ4n) is 3.28. The molecule has 166 valence electrons. The van der Waals surface area contributed by atoms with Crippen molar-refractivity contribution in [2.75, 3.05) is 11.9 Å². The van der Waals surface area contributed by atoms with Crippen LogP contribution < -0.4 is 10.1 Å². The Morgan fingerprint density at radius 1 is 1.10 bits per heavy atom. The summed E-state index contributed by atoms with van der Waals surface area (Å²) in [6, 6.07) is 13.4. The van der Waals surface area contributed by atoms with Crippen LogP contribution >= 0.6 is 0 Å². The number of hydrogen-bond acceptors (Lipinski definition) is 3. The molecule has 0 heterocycles. The number of carbonyl (C=O) groups excluding carboxylic acids is 1. The molecule has 0 atom stereocenters. The monoisotopic (exact) mass is 423 g/mol. The first-order valence-corrected chi connectivity index (χ1v) is 10.7. The predicted octanol–water partition coefficient (Wildman–Crippen LogP) is 6.01. The average molecular weight is 424 g/mol. The molecule has 0 saturated heterocycles. The number of carboxylic acids is 1. The topological polar surface area (TPSA) is 75.6 Å². The van der Waals surface area contributed by atoms with Gasteiger partial charge in [0.2, 0.25) is 5.91 Å². The van der Waals surface area contributed by atoms with E-state index in [1.807, 2.05) is 58.9 Å². The highest BCUT2D eigenvalue weighted by Crippen LogP contribution is 2.27. The zero-order valence-electron chi connectivity index (χ0n) is 19.1. The van der Waals surface area contributed by atoms with Crippen LogP contribution in [0.15, 0.2) is 48.5 Å². The van der Waals surface area contributed by atoms with E-state index >= 15 is 0 Å². The lowest BCUT2D eigenvalue weighted by Crippen LogP contribution is -2.31. The first-order chi connectivity index (χ1) is 14.6. The van der Waals surface area contributed by atoms with E-state index in [1.54, 1.807) is 12.1 Å². The first kappa shape index (κ1) is 24.2. The number of carbonyl (C=O) groups is 2. The number of hydrogen-bond donors (Lipinski definition) is 2. The van der Waals surface area contributed by atoms with E-state index < -0.39 is 11.4 Å². The molecule has 5 heteroatoms. The molecule has 2 N–H and O–H groups in total. The number of carboxylic acid groups (broad SMARTS) is 1. The molecule has 0 aliphatic heterocycles. The van der Waals surface area contributed by atoms with Crippen LogP contribution in [0, 0.1) is 19.3 Å². The van der Waals surface area contributed by atoms with Crippen molar-refractivity contribution in [2.24, 2.45) is 5.41 Å². The Morgan fingerprint density at radius 2 is 1.77 bits per heavy atom. The average Bonchev–Trinajstić information content (AvgIpc) is 2.72. The maximum Gasteiger partial charge on any atom is 0.328 e. The molecule has 0 unspecified atom stereocenters. The smallest absolute Gasteiger partial charge is 0.328 e. The highest BCUT2D eigenvalue weighted by molar-refractivity contribution is 5.95. The standard InChI is InChI=1S/C26H33NO4/c1-6-20(17-24(28)29)21-10-12-22(13-11-21)27-25(30)26(4,5)14-7-15-31-23-16-18(2)8-9-19(23)3/h8-13,16-17H,6-7,14-15H2,1-5H3,(H,27,30)(H,28,29). The summed E-state index contributed by atoms with van der Waals surface area (Å²) in [5, 5.41) is 11.9. The third kappa shape index (κ3) is 7.28. The Labute approximate surface area is 185 Å². The summed E-state index contributed by atoms with van der Waals surface area (Å²) in [6.07, 6.45) is 3.31. The maximum atomic E-state index is 12.8. The van der Waals surface area contributed by atoms with Crippen molar-refractivity contribution in [3.05, 3.63) is 65.2 Å². The third-order valence-corrected chi connectivity index (χ3v) is 5.35. The largest absolute Gasteiger partial charge is 0.493 e. The molecule has 0 fully saturated rings. The van der Waals surface area contributed by atoms with Gasteiger partial charge in [0.15, 0.2) is 0 Å². The third-order valence-electron chi connectivity index (χ3n) is 5.35. The van der Waals surface area contributed by atoms with Gasteiger partial charge in [-0.25, -0.2) is 4.79 Å². The normalized spacial score (nSPS) is 11.8. The van der Waals surface area contributed by atoms with Crippen LogP contribution in [0.25, 0.3) is 5.57 Å². The molecule has 5 nitrogen and oxygen atoms in total. The molecule has 0 saturated carbocycles. The van der Waals surface area contributed by atoms with Crippen molar-refractivity contribution in [2.45, 2.75) is 53.9 Å². The summed E-state index contributed by atoms with van der Waals surface area (Å²) < 4.78 is 5.91. The van der Waals surface area contributed by atoms with Crippen LogP contribution in [0.4, 0.5) is 5.69 Å². The quantitative estimate of drug-likeness (QED) is 0.363. The molecule has 0 aliphatic rings. The minimum absolute atomic E-state index is 0.0521. The van der Waals surface area contributed by atoms with Gasteiger partial charge in [-0.3, -0.25) is 4.79 Å². The van der Waals surface area contributed by atoms with Gasteiger partial charge < -0.3 is 15.2 Å². The van der Waals surface area contributed by atoms with Gasteiger partial charge in [0.05, 0.1) is 6.61 Å². The van der Waals surface area contributed by atoms with Gasteiger partial charge in [-0.15, -0.1) is 0 Å². The van der Waals surface area contributed by atoms with Gasteiger partial charge in [0.25, 0.3) is 0 Å². The van der Waals surface area contributed by atoms with E-state index in [0.29, 0.717) is 25.1 Å². The number of ether oxygens (including phenoxy) is 1. The van der Waals surface area contributed by atoms with Gasteiger partial charge >= 0.3 is 5.97 Å². The minimum atomic E-state index is -0.961. The summed E-state index contributed by atoms with van der Waals surface area (Å²) in [5.41, 5.74) is 4.01. The van der Waals surface area contributed by atoms with E-state index in [-0.39, 0.29) is 5.91 Å². The Kier molecular flexibility index (Phi) is 8.43. The van der Waals surface area contributed by atoms with Crippen LogP contribution in [-0.2, 0) is 9.59 Å². The zero-order chi connectivity index (χ0) is 23.0. The van der Waals surface area contributed by atoms with E-state index in [0.717, 1.165) is 34.4 Å². The molecular weight excluding hydrogens is 390 g/mol. The van der Waals surface area contributed by atoms with Gasteiger partial charge in [-0.1, -0.05) is 45.0 Å². The highest BCUT2D eigenvalue weighted by Gasteiger charge is 2.27. The lowest BCUT2D eigenvalue weighted by atomic mass is 9.87. The lowest BCUT2D eigenvalue weighted by molar-refractivity contribution is -0.131. The molecule has 31 heavy (non-hydrogen) atoms. The summed E-state index contributed by atoms with van der Waals surface area (Å²) in [5.74, 6) is -0.118. The summed E-state index contributed by atoms with van der Waals surface area (Å²) in [4.78, 5) is 23.7. The second-order valence-corrected chi connectivity index (χ2v) is 8.50.